The van der Waals surface area contributed by atoms with E-state index >= 15 is 0 Å². The third-order valence-electron chi connectivity index (χ3n) is 4.16. The minimum absolute atomic E-state index is 0.0255. The predicted octanol–water partition coefficient (Wildman–Crippen LogP) is 1.16. The fourth-order valence-corrected chi connectivity index (χ4v) is 2.47. The fraction of sp³-hybridized carbons (Fsp3) is 0.800. The number of carbonyl (C=O) groups excluding carboxylic acids is 3. The Labute approximate surface area is 177 Å². The molecule has 2 heterocycles. The van der Waals surface area contributed by atoms with Gasteiger partial charge in [-0.05, 0) is 45.4 Å². The Morgan fingerprint density at radius 2 is 1.60 bits per heavy atom. The van der Waals surface area contributed by atoms with E-state index in [1.807, 2.05) is 13.8 Å². The molecule has 0 aromatic rings. The second kappa shape index (κ2) is 14.7. The first kappa shape index (κ1) is 27.8. The second-order valence-electron chi connectivity index (χ2n) is 7.65. The normalized spacial score (nSPS) is 23.2. The molecule has 0 spiro atoms. The van der Waals surface area contributed by atoms with E-state index in [4.69, 9.17) is 15.6 Å². The highest BCUT2D eigenvalue weighted by atomic mass is 16.6. The lowest BCUT2D eigenvalue weighted by Crippen LogP contribution is -2.40. The van der Waals surface area contributed by atoms with E-state index in [0.717, 1.165) is 19.3 Å². The van der Waals surface area contributed by atoms with Crippen molar-refractivity contribution in [1.82, 2.24) is 0 Å². The molecule has 0 amide bonds. The zero-order valence-electron chi connectivity index (χ0n) is 18.2. The van der Waals surface area contributed by atoms with Crippen LogP contribution in [0, 0.1) is 5.92 Å². The van der Waals surface area contributed by atoms with Crippen LogP contribution in [0.3, 0.4) is 0 Å². The number of aliphatic hydroxyl groups excluding tert-OH is 1. The lowest BCUT2D eigenvalue weighted by atomic mass is 9.98. The third kappa shape index (κ3) is 13.1. The van der Waals surface area contributed by atoms with Gasteiger partial charge in [0, 0.05) is 12.5 Å². The zero-order chi connectivity index (χ0) is 23.3. The third-order valence-corrected chi connectivity index (χ3v) is 4.16. The summed E-state index contributed by atoms with van der Waals surface area (Å²) < 4.78 is 14.0. The molecular formula is C20H35NO9. The SMILES string of the molecule is CC(C)C[C@H](N)[C@@H](O)CC(=O)O.CC1OC(=O)C(C)OC1=O.O=C1CCCCCO1. The first-order valence-corrected chi connectivity index (χ1v) is 10.2. The maximum absolute atomic E-state index is 10.7. The van der Waals surface area contributed by atoms with E-state index in [9.17, 15) is 24.3 Å². The van der Waals surface area contributed by atoms with Crippen molar-refractivity contribution in [3.05, 3.63) is 0 Å². The number of rotatable bonds is 5. The van der Waals surface area contributed by atoms with Gasteiger partial charge >= 0.3 is 23.9 Å². The second-order valence-corrected chi connectivity index (χ2v) is 7.65. The van der Waals surface area contributed by atoms with Crippen molar-refractivity contribution in [3.63, 3.8) is 0 Å². The number of carboxylic acid groups (broad SMARTS) is 1. The molecule has 4 N–H and O–H groups in total. The molecule has 0 aromatic carbocycles. The highest BCUT2D eigenvalue weighted by Crippen LogP contribution is 2.09. The zero-order valence-corrected chi connectivity index (χ0v) is 18.2. The molecular weight excluding hydrogens is 398 g/mol. The van der Waals surface area contributed by atoms with Gasteiger partial charge in [-0.15, -0.1) is 0 Å². The van der Waals surface area contributed by atoms with Crippen LogP contribution in [0.25, 0.3) is 0 Å². The standard InChI is InChI=1S/C8H17NO3.C6H8O4.C6H10O2/c1-5(2)3-6(9)7(10)4-8(11)12;1-3-5(7)10-4(2)6(8)9-3;7-6-4-2-1-3-5-8-6/h5-7,10H,3-4,9H2,1-2H3,(H,11,12);3-4H,1-2H3;1-5H2/t6-,7-;;/m0../s1. The van der Waals surface area contributed by atoms with Gasteiger partial charge in [0.25, 0.3) is 0 Å². The van der Waals surface area contributed by atoms with Crippen LogP contribution in [0.1, 0.15) is 66.2 Å². The molecule has 2 rings (SSSR count). The first-order chi connectivity index (χ1) is 13.9. The van der Waals surface area contributed by atoms with Gasteiger partial charge in [0.1, 0.15) is 0 Å². The smallest absolute Gasteiger partial charge is 0.347 e. The van der Waals surface area contributed by atoms with Crippen LogP contribution in [0.5, 0.6) is 0 Å². The Bertz CT molecular complexity index is 534. The molecule has 2 fully saturated rings. The molecule has 0 radical (unpaired) electrons. The Kier molecular flexibility index (Phi) is 13.7. The Morgan fingerprint density at radius 1 is 1.07 bits per heavy atom. The average molecular weight is 433 g/mol. The van der Waals surface area contributed by atoms with Crippen LogP contribution in [0.2, 0.25) is 0 Å². The van der Waals surface area contributed by atoms with Gasteiger partial charge in [-0.3, -0.25) is 9.59 Å². The van der Waals surface area contributed by atoms with E-state index in [1.54, 1.807) is 0 Å². The molecule has 2 saturated heterocycles. The van der Waals surface area contributed by atoms with Gasteiger partial charge < -0.3 is 30.2 Å². The van der Waals surface area contributed by atoms with Crippen molar-refractivity contribution >= 4 is 23.9 Å². The maximum Gasteiger partial charge on any atom is 0.347 e. The number of cyclic esters (lactones) is 3. The Hall–Kier alpha value is -2.20. The summed E-state index contributed by atoms with van der Waals surface area (Å²) in [4.78, 5) is 41.9. The topological polar surface area (TPSA) is 162 Å². The van der Waals surface area contributed by atoms with Crippen molar-refractivity contribution in [2.24, 2.45) is 11.7 Å². The number of carbonyl (C=O) groups is 4. The number of hydrogen-bond acceptors (Lipinski definition) is 9. The van der Waals surface area contributed by atoms with E-state index in [-0.39, 0.29) is 12.4 Å². The van der Waals surface area contributed by atoms with Crippen molar-refractivity contribution in [1.29, 1.82) is 0 Å². The van der Waals surface area contributed by atoms with E-state index in [0.29, 0.717) is 25.4 Å². The largest absolute Gasteiger partial charge is 0.481 e. The van der Waals surface area contributed by atoms with Crippen molar-refractivity contribution < 1.29 is 43.6 Å². The van der Waals surface area contributed by atoms with E-state index in [1.165, 1.54) is 13.8 Å². The van der Waals surface area contributed by atoms with Crippen LogP contribution in [0.4, 0.5) is 0 Å². The predicted molar refractivity (Wildman–Crippen MR) is 106 cm³/mol. The van der Waals surface area contributed by atoms with Crippen LogP contribution >= 0.6 is 0 Å². The molecule has 2 aliphatic rings. The van der Waals surface area contributed by atoms with Crippen molar-refractivity contribution in [2.75, 3.05) is 6.61 Å². The summed E-state index contributed by atoms with van der Waals surface area (Å²) in [6.45, 7) is 7.55. The molecule has 0 bridgehead atoms. The average Bonchev–Trinajstić information content (AvgIpc) is 2.87. The molecule has 0 aliphatic carbocycles. The van der Waals surface area contributed by atoms with Crippen LogP contribution < -0.4 is 5.73 Å². The molecule has 0 aromatic heterocycles. The van der Waals surface area contributed by atoms with Gasteiger partial charge in [-0.25, -0.2) is 9.59 Å². The molecule has 10 nitrogen and oxygen atoms in total. The Morgan fingerprint density at radius 3 is 2.07 bits per heavy atom. The summed E-state index contributed by atoms with van der Waals surface area (Å²) in [5, 5.41) is 17.6. The van der Waals surface area contributed by atoms with Gasteiger partial charge in [0.05, 0.1) is 19.1 Å². The van der Waals surface area contributed by atoms with Gasteiger partial charge in [0.15, 0.2) is 12.2 Å². The van der Waals surface area contributed by atoms with Crippen LogP contribution in [-0.2, 0) is 33.4 Å². The van der Waals surface area contributed by atoms with Crippen LogP contribution in [0.15, 0.2) is 0 Å². The lowest BCUT2D eigenvalue weighted by Gasteiger charge is -2.22. The fourth-order valence-electron chi connectivity index (χ4n) is 2.47. The Balaban J connectivity index is 0.000000428. The highest BCUT2D eigenvalue weighted by Gasteiger charge is 2.32. The molecule has 0 saturated carbocycles. The summed E-state index contributed by atoms with van der Waals surface area (Å²) in [6.07, 6.45) is 1.79. The number of esters is 3. The van der Waals surface area contributed by atoms with Crippen molar-refractivity contribution in [2.45, 2.75) is 90.6 Å². The quantitative estimate of drug-likeness (QED) is 0.423. The van der Waals surface area contributed by atoms with Crippen LogP contribution in [-0.4, -0.2) is 65.1 Å². The monoisotopic (exact) mass is 433 g/mol. The summed E-state index contributed by atoms with van der Waals surface area (Å²) in [5.74, 6) is -1.62. The minimum Gasteiger partial charge on any atom is -0.481 e. The van der Waals surface area contributed by atoms with Crippen molar-refractivity contribution in [3.8, 4) is 0 Å². The number of hydrogen-bond donors (Lipinski definition) is 3. The molecule has 10 heteroatoms. The molecule has 2 aliphatic heterocycles. The van der Waals surface area contributed by atoms with Gasteiger partial charge in [-0.2, -0.15) is 0 Å². The number of nitrogens with two attached hydrogens (primary N) is 1. The summed E-state index contributed by atoms with van der Waals surface area (Å²) >= 11 is 0. The van der Waals surface area contributed by atoms with E-state index in [2.05, 4.69) is 9.47 Å². The minimum atomic E-state index is -1.01. The highest BCUT2D eigenvalue weighted by molar-refractivity contribution is 5.86. The number of carboxylic acids is 1. The first-order valence-electron chi connectivity index (χ1n) is 10.2. The van der Waals surface area contributed by atoms with E-state index < -0.39 is 42.3 Å². The number of ether oxygens (including phenoxy) is 3. The summed E-state index contributed by atoms with van der Waals surface area (Å²) in [6, 6.07) is -0.430. The lowest BCUT2D eigenvalue weighted by molar-refractivity contribution is -0.191. The van der Waals surface area contributed by atoms with Gasteiger partial charge in [0.2, 0.25) is 0 Å². The summed E-state index contributed by atoms with van der Waals surface area (Å²) in [7, 11) is 0. The molecule has 2 unspecified atom stereocenters. The molecule has 174 valence electrons. The summed E-state index contributed by atoms with van der Waals surface area (Å²) in [5.41, 5.74) is 5.55. The number of aliphatic carboxylic acids is 1. The maximum atomic E-state index is 10.7. The number of aliphatic hydroxyl groups is 1. The molecule has 30 heavy (non-hydrogen) atoms. The van der Waals surface area contributed by atoms with Gasteiger partial charge in [-0.1, -0.05) is 13.8 Å². The molecule has 4 atom stereocenters.